The van der Waals surface area contributed by atoms with Crippen LogP contribution in [0.2, 0.25) is 0 Å². The molecule has 2 aromatic carbocycles. The first-order valence-corrected chi connectivity index (χ1v) is 10.0. The topological polar surface area (TPSA) is 59.8 Å². The first-order valence-electron chi connectivity index (χ1n) is 10.0. The van der Waals surface area contributed by atoms with Crippen LogP contribution in [0, 0.1) is 0 Å². The molecule has 3 aromatic rings. The van der Waals surface area contributed by atoms with Gasteiger partial charge in [-0.15, -0.1) is 0 Å². The van der Waals surface area contributed by atoms with E-state index in [0.717, 1.165) is 42.4 Å². The number of hydrogen-bond acceptors (Lipinski definition) is 5. The molecule has 30 heavy (non-hydrogen) atoms. The van der Waals surface area contributed by atoms with Crippen molar-refractivity contribution in [3.8, 4) is 17.2 Å². The summed E-state index contributed by atoms with van der Waals surface area (Å²) in [5.74, 6) is 1.69. The lowest BCUT2D eigenvalue weighted by molar-refractivity contribution is 0.0627. The van der Waals surface area contributed by atoms with Crippen molar-refractivity contribution in [3.63, 3.8) is 0 Å². The Morgan fingerprint density at radius 3 is 2.47 bits per heavy atom. The summed E-state index contributed by atoms with van der Waals surface area (Å²) in [5.41, 5.74) is 2.64. The van der Waals surface area contributed by atoms with Crippen molar-refractivity contribution < 1.29 is 14.3 Å². The lowest BCUT2D eigenvalue weighted by atomic mass is 10.1. The van der Waals surface area contributed by atoms with Gasteiger partial charge >= 0.3 is 0 Å². The fourth-order valence-electron chi connectivity index (χ4n) is 3.69. The van der Waals surface area contributed by atoms with Gasteiger partial charge in [-0.05, 0) is 30.3 Å². The van der Waals surface area contributed by atoms with E-state index in [1.807, 2.05) is 53.4 Å². The number of nitrogens with zero attached hydrogens (tertiary/aromatic N) is 4. The number of carbonyl (C=O) groups excluding carboxylic acids is 1. The summed E-state index contributed by atoms with van der Waals surface area (Å²) >= 11 is 0. The van der Waals surface area contributed by atoms with Crippen LogP contribution in [-0.2, 0) is 6.54 Å². The van der Waals surface area contributed by atoms with Gasteiger partial charge in [0.1, 0.15) is 11.5 Å². The first kappa shape index (κ1) is 20.0. The number of piperazine rings is 1. The van der Waals surface area contributed by atoms with Gasteiger partial charge in [0.15, 0.2) is 0 Å². The minimum Gasteiger partial charge on any atom is -0.497 e. The Kier molecular flexibility index (Phi) is 5.99. The van der Waals surface area contributed by atoms with Crippen LogP contribution in [-0.4, -0.2) is 65.9 Å². The van der Waals surface area contributed by atoms with E-state index < -0.39 is 0 Å². The summed E-state index contributed by atoms with van der Waals surface area (Å²) in [6.45, 7) is 3.73. The summed E-state index contributed by atoms with van der Waals surface area (Å²) in [4.78, 5) is 17.1. The fourth-order valence-corrected chi connectivity index (χ4v) is 3.69. The molecule has 0 atom stereocenters. The Bertz CT molecular complexity index is 995. The van der Waals surface area contributed by atoms with E-state index in [-0.39, 0.29) is 5.91 Å². The molecule has 0 aliphatic carbocycles. The predicted octanol–water partition coefficient (Wildman–Crippen LogP) is 2.85. The third-order valence-electron chi connectivity index (χ3n) is 5.39. The third kappa shape index (κ3) is 4.31. The number of benzene rings is 2. The number of para-hydroxylation sites is 1. The van der Waals surface area contributed by atoms with E-state index in [2.05, 4.69) is 10.00 Å². The number of carbonyl (C=O) groups is 1. The minimum absolute atomic E-state index is 0.0239. The van der Waals surface area contributed by atoms with Gasteiger partial charge in [0.25, 0.3) is 5.91 Å². The molecular weight excluding hydrogens is 380 g/mol. The van der Waals surface area contributed by atoms with E-state index in [9.17, 15) is 4.79 Å². The molecular formula is C23H26N4O3. The molecule has 0 unspecified atom stereocenters. The average molecular weight is 406 g/mol. The molecule has 2 heterocycles. The summed E-state index contributed by atoms with van der Waals surface area (Å²) in [7, 11) is 3.34. The van der Waals surface area contributed by atoms with Crippen LogP contribution >= 0.6 is 0 Å². The monoisotopic (exact) mass is 406 g/mol. The van der Waals surface area contributed by atoms with E-state index in [1.54, 1.807) is 31.3 Å². The summed E-state index contributed by atoms with van der Waals surface area (Å²) in [6, 6.07) is 15.6. The molecule has 0 saturated carbocycles. The number of ether oxygens (including phenoxy) is 2. The molecule has 1 aliphatic heterocycles. The molecule has 7 heteroatoms. The summed E-state index contributed by atoms with van der Waals surface area (Å²) < 4.78 is 12.6. The van der Waals surface area contributed by atoms with Gasteiger partial charge in [0.2, 0.25) is 0 Å². The lowest BCUT2D eigenvalue weighted by Gasteiger charge is -2.34. The largest absolute Gasteiger partial charge is 0.497 e. The Balaban J connectivity index is 1.37. The zero-order chi connectivity index (χ0) is 20.9. The Morgan fingerprint density at radius 2 is 1.77 bits per heavy atom. The second-order valence-corrected chi connectivity index (χ2v) is 7.26. The van der Waals surface area contributed by atoms with Crippen molar-refractivity contribution in [1.29, 1.82) is 0 Å². The molecule has 1 aliphatic rings. The fraction of sp³-hybridized carbons (Fsp3) is 0.304. The van der Waals surface area contributed by atoms with Crippen molar-refractivity contribution in [1.82, 2.24) is 19.6 Å². The van der Waals surface area contributed by atoms with Crippen molar-refractivity contribution in [2.45, 2.75) is 6.54 Å². The summed E-state index contributed by atoms with van der Waals surface area (Å²) in [6.07, 6.45) is 3.44. The van der Waals surface area contributed by atoms with Crippen LogP contribution in [0.5, 0.6) is 11.5 Å². The van der Waals surface area contributed by atoms with Gasteiger partial charge in [-0.25, -0.2) is 4.68 Å². The van der Waals surface area contributed by atoms with Crippen molar-refractivity contribution >= 4 is 5.91 Å². The van der Waals surface area contributed by atoms with Crippen molar-refractivity contribution in [2.24, 2.45) is 0 Å². The van der Waals surface area contributed by atoms with Crippen LogP contribution in [0.4, 0.5) is 0 Å². The zero-order valence-corrected chi connectivity index (χ0v) is 17.3. The van der Waals surface area contributed by atoms with Gasteiger partial charge in [0, 0.05) is 44.5 Å². The van der Waals surface area contributed by atoms with Gasteiger partial charge in [-0.2, -0.15) is 5.10 Å². The van der Waals surface area contributed by atoms with E-state index in [1.165, 1.54) is 0 Å². The van der Waals surface area contributed by atoms with Crippen molar-refractivity contribution in [2.75, 3.05) is 40.4 Å². The SMILES string of the molecule is COc1ccc(OC)c(CN2CCN(C(=O)c3cnn(-c4ccccc4)c3)CC2)c1. The number of rotatable bonds is 6. The number of amides is 1. The van der Waals surface area contributed by atoms with Crippen molar-refractivity contribution in [3.05, 3.63) is 72.1 Å². The number of aromatic nitrogens is 2. The van der Waals surface area contributed by atoms with Crippen LogP contribution in [0.3, 0.4) is 0 Å². The highest BCUT2D eigenvalue weighted by Crippen LogP contribution is 2.25. The van der Waals surface area contributed by atoms with E-state index in [4.69, 9.17) is 9.47 Å². The molecule has 1 amide bonds. The molecule has 0 N–H and O–H groups in total. The lowest BCUT2D eigenvalue weighted by Crippen LogP contribution is -2.48. The molecule has 0 bridgehead atoms. The molecule has 1 saturated heterocycles. The van der Waals surface area contributed by atoms with Gasteiger partial charge < -0.3 is 14.4 Å². The molecule has 7 nitrogen and oxygen atoms in total. The van der Waals surface area contributed by atoms with Gasteiger partial charge in [-0.1, -0.05) is 18.2 Å². The van der Waals surface area contributed by atoms with E-state index in [0.29, 0.717) is 18.7 Å². The molecule has 1 aromatic heterocycles. The van der Waals surface area contributed by atoms with E-state index >= 15 is 0 Å². The Morgan fingerprint density at radius 1 is 1.00 bits per heavy atom. The second kappa shape index (κ2) is 9.00. The molecule has 0 spiro atoms. The van der Waals surface area contributed by atoms with Gasteiger partial charge in [0.05, 0.1) is 31.7 Å². The quantitative estimate of drug-likeness (QED) is 0.630. The Hall–Kier alpha value is -3.32. The van der Waals surface area contributed by atoms with Crippen LogP contribution in [0.25, 0.3) is 5.69 Å². The van der Waals surface area contributed by atoms with Crippen LogP contribution in [0.1, 0.15) is 15.9 Å². The predicted molar refractivity (Wildman–Crippen MR) is 114 cm³/mol. The average Bonchev–Trinajstić information content (AvgIpc) is 3.30. The van der Waals surface area contributed by atoms with Crippen LogP contribution < -0.4 is 9.47 Å². The Labute approximate surface area is 176 Å². The smallest absolute Gasteiger partial charge is 0.257 e. The normalized spacial score (nSPS) is 14.5. The maximum absolute atomic E-state index is 12.9. The van der Waals surface area contributed by atoms with Crippen LogP contribution in [0.15, 0.2) is 60.9 Å². The number of hydrogen-bond donors (Lipinski definition) is 0. The number of methoxy groups -OCH3 is 2. The highest BCUT2D eigenvalue weighted by Gasteiger charge is 2.24. The minimum atomic E-state index is 0.0239. The molecule has 156 valence electrons. The second-order valence-electron chi connectivity index (χ2n) is 7.26. The standard InChI is InChI=1S/C23H26N4O3/c1-29-21-8-9-22(30-2)18(14-21)16-25-10-12-26(13-11-25)23(28)19-15-24-27(17-19)20-6-4-3-5-7-20/h3-9,14-15,17H,10-13,16H2,1-2H3. The molecule has 4 rings (SSSR count). The highest BCUT2D eigenvalue weighted by molar-refractivity contribution is 5.93. The summed E-state index contributed by atoms with van der Waals surface area (Å²) in [5, 5.41) is 4.34. The maximum Gasteiger partial charge on any atom is 0.257 e. The molecule has 1 fully saturated rings. The zero-order valence-electron chi connectivity index (χ0n) is 17.3. The first-order chi connectivity index (χ1) is 14.7. The molecule has 0 radical (unpaired) electrons. The highest BCUT2D eigenvalue weighted by atomic mass is 16.5. The van der Waals surface area contributed by atoms with Gasteiger partial charge in [-0.3, -0.25) is 9.69 Å². The third-order valence-corrected chi connectivity index (χ3v) is 5.39. The maximum atomic E-state index is 12.9.